The first-order valence-corrected chi connectivity index (χ1v) is 6.02. The number of nitrogens with two attached hydrogens (primary N) is 1. The van der Waals surface area contributed by atoms with Crippen LogP contribution in [-0.4, -0.2) is 6.98 Å². The Balaban J connectivity index is 3.30. The lowest BCUT2D eigenvalue weighted by Gasteiger charge is -2.20. The molecular weight excluding hydrogens is 329 g/mol. The Morgan fingerprint density at radius 2 is 1.81 bits per heavy atom. The summed E-state index contributed by atoms with van der Waals surface area (Å²) in [6.45, 7) is -1.08. The van der Waals surface area contributed by atoms with Gasteiger partial charge in [0, 0.05) is 10.1 Å². The van der Waals surface area contributed by atoms with Crippen molar-refractivity contribution in [1.82, 2.24) is 0 Å². The molecule has 1 aromatic carbocycles. The third-order valence-electron chi connectivity index (χ3n) is 2.70. The maximum Gasteiger partial charge on any atom is 0.482 e. The molecular formula is C10H13BF3IN-. The zero-order valence-electron chi connectivity index (χ0n) is 9.16. The van der Waals surface area contributed by atoms with Crippen LogP contribution in [0.2, 0.25) is 0 Å². The van der Waals surface area contributed by atoms with Crippen molar-refractivity contribution in [3.05, 3.63) is 31.9 Å². The highest BCUT2D eigenvalue weighted by atomic mass is 127. The second-order valence-corrected chi connectivity index (χ2v) is 5.03. The van der Waals surface area contributed by atoms with Crippen LogP contribution in [0.15, 0.2) is 6.07 Å². The molecule has 0 heterocycles. The van der Waals surface area contributed by atoms with Crippen LogP contribution in [-0.2, 0) is 12.9 Å². The Hall–Kier alpha value is -0.235. The van der Waals surface area contributed by atoms with E-state index in [-0.39, 0.29) is 6.54 Å². The van der Waals surface area contributed by atoms with Gasteiger partial charge in [-0.25, -0.2) is 0 Å². The molecule has 1 aromatic rings. The molecule has 1 nitrogen and oxygen atoms in total. The lowest BCUT2D eigenvalue weighted by atomic mass is 9.78. The van der Waals surface area contributed by atoms with Gasteiger partial charge in [-0.3, -0.25) is 0 Å². The van der Waals surface area contributed by atoms with Gasteiger partial charge in [0.15, 0.2) is 0 Å². The van der Waals surface area contributed by atoms with Gasteiger partial charge in [-0.15, -0.1) is 0 Å². The Kier molecular flexibility index (Phi) is 4.28. The molecule has 0 radical (unpaired) electrons. The smallest absolute Gasteiger partial charge is 0.449 e. The summed E-state index contributed by atoms with van der Waals surface area (Å²) in [4.78, 5) is 0. The van der Waals surface area contributed by atoms with E-state index in [1.807, 2.05) is 6.07 Å². The van der Waals surface area contributed by atoms with Gasteiger partial charge in [0.1, 0.15) is 0 Å². The highest BCUT2D eigenvalue weighted by molar-refractivity contribution is 14.1. The lowest BCUT2D eigenvalue weighted by molar-refractivity contribution is 0.468. The van der Waals surface area contributed by atoms with Gasteiger partial charge in [0.2, 0.25) is 0 Å². The molecule has 2 N–H and O–H groups in total. The van der Waals surface area contributed by atoms with Gasteiger partial charge in [-0.1, -0.05) is 11.9 Å². The molecule has 0 aromatic heterocycles. The molecule has 1 rings (SSSR count). The van der Waals surface area contributed by atoms with Crippen LogP contribution in [0.4, 0.5) is 12.9 Å². The van der Waals surface area contributed by atoms with E-state index in [4.69, 9.17) is 5.73 Å². The van der Waals surface area contributed by atoms with E-state index >= 15 is 0 Å². The number of rotatable bonds is 3. The molecule has 16 heavy (non-hydrogen) atoms. The predicted octanol–water partition coefficient (Wildman–Crippen LogP) is 3.30. The fourth-order valence-corrected chi connectivity index (χ4v) is 2.44. The van der Waals surface area contributed by atoms with Gasteiger partial charge in [-0.05, 0) is 59.2 Å². The second kappa shape index (κ2) is 4.95. The number of halogens is 4. The van der Waals surface area contributed by atoms with Crippen molar-refractivity contribution in [3.8, 4) is 0 Å². The van der Waals surface area contributed by atoms with Crippen molar-refractivity contribution in [1.29, 1.82) is 0 Å². The molecule has 90 valence electrons. The first-order valence-electron chi connectivity index (χ1n) is 4.94. The third kappa shape index (κ3) is 3.13. The second-order valence-electron chi connectivity index (χ2n) is 3.86. The molecule has 0 aliphatic heterocycles. The number of hydrogen-bond acceptors (Lipinski definition) is 1. The fourth-order valence-electron chi connectivity index (χ4n) is 1.74. The Morgan fingerprint density at radius 1 is 1.25 bits per heavy atom. The molecule has 0 saturated carbocycles. The third-order valence-corrected chi connectivity index (χ3v) is 3.82. The van der Waals surface area contributed by atoms with E-state index in [1.165, 1.54) is 0 Å². The summed E-state index contributed by atoms with van der Waals surface area (Å²) < 4.78 is 38.3. The number of benzene rings is 1. The summed E-state index contributed by atoms with van der Waals surface area (Å²) in [5, 5.41) is 0. The maximum atomic E-state index is 12.5. The summed E-state index contributed by atoms with van der Waals surface area (Å²) >= 11 is 2.05. The monoisotopic (exact) mass is 342 g/mol. The zero-order chi connectivity index (χ0) is 12.5. The van der Waals surface area contributed by atoms with E-state index in [0.717, 1.165) is 14.7 Å². The molecule has 6 heteroatoms. The summed E-state index contributed by atoms with van der Waals surface area (Å²) in [6, 6.07) is 1.86. The lowest BCUT2D eigenvalue weighted by Crippen LogP contribution is -2.22. The Labute approximate surface area is 107 Å². The first kappa shape index (κ1) is 13.8. The molecule has 0 spiro atoms. The largest absolute Gasteiger partial charge is 0.482 e. The average molecular weight is 342 g/mol. The van der Waals surface area contributed by atoms with Crippen LogP contribution in [0.25, 0.3) is 0 Å². The van der Waals surface area contributed by atoms with Crippen molar-refractivity contribution in [2.45, 2.75) is 26.7 Å². The average Bonchev–Trinajstić information content (AvgIpc) is 2.17. The molecule has 0 saturated heterocycles. The molecule has 0 aliphatic rings. The van der Waals surface area contributed by atoms with Gasteiger partial charge in [-0.2, -0.15) is 0 Å². The molecule has 0 unspecified atom stereocenters. The normalized spacial score (nSPS) is 11.9. The van der Waals surface area contributed by atoms with E-state index < -0.39 is 13.3 Å². The highest BCUT2D eigenvalue weighted by Crippen LogP contribution is 2.27. The maximum absolute atomic E-state index is 12.5. The zero-order valence-corrected chi connectivity index (χ0v) is 11.3. The first-order chi connectivity index (χ1) is 7.26. The van der Waals surface area contributed by atoms with Crippen LogP contribution in [0.3, 0.4) is 0 Å². The summed E-state index contributed by atoms with van der Waals surface area (Å²) in [5.41, 5.74) is 8.11. The minimum atomic E-state index is -4.80. The fraction of sp³-hybridized carbons (Fsp3) is 0.400. The van der Waals surface area contributed by atoms with Crippen molar-refractivity contribution >= 4 is 29.6 Å². The van der Waals surface area contributed by atoms with E-state index in [1.54, 1.807) is 13.8 Å². The molecule has 0 atom stereocenters. The Bertz CT molecular complexity index is 404. The van der Waals surface area contributed by atoms with Crippen LogP contribution in [0.1, 0.15) is 22.3 Å². The van der Waals surface area contributed by atoms with E-state index in [9.17, 15) is 12.9 Å². The van der Waals surface area contributed by atoms with Crippen molar-refractivity contribution in [2.24, 2.45) is 5.73 Å². The van der Waals surface area contributed by atoms with E-state index in [0.29, 0.717) is 11.1 Å². The summed E-state index contributed by atoms with van der Waals surface area (Å²) in [5.74, 6) is 0. The minimum absolute atomic E-state index is 0.278. The van der Waals surface area contributed by atoms with Gasteiger partial charge >= 0.3 is 6.98 Å². The van der Waals surface area contributed by atoms with Crippen LogP contribution >= 0.6 is 22.6 Å². The summed E-state index contributed by atoms with van der Waals surface area (Å²) in [6.07, 6.45) is -0.818. The van der Waals surface area contributed by atoms with Gasteiger partial charge in [0.05, 0.1) is 0 Å². The number of hydrogen-bond donors (Lipinski definition) is 1. The minimum Gasteiger partial charge on any atom is -0.449 e. The van der Waals surface area contributed by atoms with Crippen molar-refractivity contribution < 1.29 is 12.9 Å². The van der Waals surface area contributed by atoms with Gasteiger partial charge < -0.3 is 18.7 Å². The molecule has 0 fully saturated rings. The van der Waals surface area contributed by atoms with Crippen LogP contribution in [0, 0.1) is 17.4 Å². The van der Waals surface area contributed by atoms with Crippen LogP contribution < -0.4 is 5.73 Å². The molecule has 0 amide bonds. The van der Waals surface area contributed by atoms with Crippen molar-refractivity contribution in [3.63, 3.8) is 0 Å². The predicted molar refractivity (Wildman–Crippen MR) is 69.3 cm³/mol. The van der Waals surface area contributed by atoms with Crippen LogP contribution in [0.5, 0.6) is 0 Å². The SMILES string of the molecule is Cc1c(I)cc(CN)c(C)c1C[B-](F)(F)F. The molecule has 0 bridgehead atoms. The highest BCUT2D eigenvalue weighted by Gasteiger charge is 2.26. The van der Waals surface area contributed by atoms with Gasteiger partial charge in [0.25, 0.3) is 0 Å². The quantitative estimate of drug-likeness (QED) is 0.662. The standard InChI is InChI=1S/C10H13BF3IN/c1-6-8(5-16)3-10(15)7(2)9(6)4-11(12,13)14/h3H,4-5,16H2,1-2H3/q-1. The topological polar surface area (TPSA) is 26.0 Å². The van der Waals surface area contributed by atoms with Crippen molar-refractivity contribution in [2.75, 3.05) is 0 Å². The summed E-state index contributed by atoms with van der Waals surface area (Å²) in [7, 11) is 0. The Morgan fingerprint density at radius 3 is 2.25 bits per heavy atom. The molecule has 0 aliphatic carbocycles. The van der Waals surface area contributed by atoms with E-state index in [2.05, 4.69) is 22.6 Å².